The SMILES string of the molecule is Nc1c(CCO)cccc1-c1ccc(C=O)o1. The number of benzene rings is 1. The van der Waals surface area contributed by atoms with E-state index in [1.54, 1.807) is 12.1 Å². The first kappa shape index (κ1) is 11.4. The Hall–Kier alpha value is -2.07. The molecule has 1 heterocycles. The van der Waals surface area contributed by atoms with Crippen molar-refractivity contribution in [1.29, 1.82) is 0 Å². The molecule has 4 heteroatoms. The summed E-state index contributed by atoms with van der Waals surface area (Å²) in [5.41, 5.74) is 8.18. The lowest BCUT2D eigenvalue weighted by molar-refractivity contribution is 0.110. The monoisotopic (exact) mass is 231 g/mol. The number of aldehydes is 1. The van der Waals surface area contributed by atoms with E-state index in [1.807, 2.05) is 18.2 Å². The Bertz CT molecular complexity index is 531. The molecule has 0 saturated heterocycles. The molecule has 17 heavy (non-hydrogen) atoms. The summed E-state index contributed by atoms with van der Waals surface area (Å²) in [6.45, 7) is 0.0470. The second kappa shape index (κ2) is 4.84. The van der Waals surface area contributed by atoms with Gasteiger partial charge in [-0.25, -0.2) is 0 Å². The van der Waals surface area contributed by atoms with Gasteiger partial charge in [0.15, 0.2) is 12.0 Å². The van der Waals surface area contributed by atoms with Crippen LogP contribution in [0.25, 0.3) is 11.3 Å². The van der Waals surface area contributed by atoms with Crippen molar-refractivity contribution in [3.63, 3.8) is 0 Å². The molecule has 0 radical (unpaired) electrons. The highest BCUT2D eigenvalue weighted by molar-refractivity contribution is 5.78. The van der Waals surface area contributed by atoms with Gasteiger partial charge in [-0.15, -0.1) is 0 Å². The first-order valence-electron chi connectivity index (χ1n) is 5.30. The normalized spacial score (nSPS) is 10.4. The molecule has 4 nitrogen and oxygen atoms in total. The standard InChI is InChI=1S/C13H13NO3/c14-13-9(6-7-15)2-1-3-11(13)12-5-4-10(8-16)17-12/h1-5,8,15H,6-7,14H2. The molecule has 0 saturated carbocycles. The Morgan fingerprint density at radius 2 is 2.12 bits per heavy atom. The predicted molar refractivity (Wildman–Crippen MR) is 64.7 cm³/mol. The number of nitrogens with two attached hydrogens (primary N) is 1. The first-order chi connectivity index (χ1) is 8.26. The Kier molecular flexibility index (Phi) is 3.25. The van der Waals surface area contributed by atoms with Crippen molar-refractivity contribution in [2.24, 2.45) is 0 Å². The number of carbonyl (C=O) groups excluding carboxylic acids is 1. The van der Waals surface area contributed by atoms with E-state index in [1.165, 1.54) is 0 Å². The maximum absolute atomic E-state index is 10.5. The van der Waals surface area contributed by atoms with E-state index in [9.17, 15) is 4.79 Å². The van der Waals surface area contributed by atoms with E-state index in [2.05, 4.69) is 0 Å². The number of hydrogen-bond donors (Lipinski definition) is 2. The molecule has 0 bridgehead atoms. The predicted octanol–water partition coefficient (Wildman–Crippen LogP) is 1.88. The largest absolute Gasteiger partial charge is 0.453 e. The van der Waals surface area contributed by atoms with E-state index in [0.717, 1.165) is 11.1 Å². The summed E-state index contributed by atoms with van der Waals surface area (Å²) >= 11 is 0. The molecule has 0 aliphatic rings. The fourth-order valence-electron chi connectivity index (χ4n) is 1.73. The lowest BCUT2D eigenvalue weighted by Crippen LogP contribution is -1.99. The zero-order valence-electron chi connectivity index (χ0n) is 9.22. The van der Waals surface area contributed by atoms with Crippen LogP contribution in [0.3, 0.4) is 0 Å². The van der Waals surface area contributed by atoms with Gasteiger partial charge >= 0.3 is 0 Å². The molecule has 0 unspecified atom stereocenters. The van der Waals surface area contributed by atoms with Gasteiger partial charge in [-0.1, -0.05) is 12.1 Å². The number of anilines is 1. The lowest BCUT2D eigenvalue weighted by atomic mass is 10.0. The molecule has 0 atom stereocenters. The maximum atomic E-state index is 10.5. The average molecular weight is 231 g/mol. The third kappa shape index (κ3) is 2.21. The summed E-state index contributed by atoms with van der Waals surface area (Å²) in [6, 6.07) is 8.83. The summed E-state index contributed by atoms with van der Waals surface area (Å²) in [5, 5.41) is 8.92. The highest BCUT2D eigenvalue weighted by atomic mass is 16.3. The van der Waals surface area contributed by atoms with Crippen LogP contribution in [0.4, 0.5) is 5.69 Å². The number of para-hydroxylation sites is 1. The molecular formula is C13H13NO3. The molecule has 0 spiro atoms. The van der Waals surface area contributed by atoms with E-state index < -0.39 is 0 Å². The number of rotatable bonds is 4. The Morgan fingerprint density at radius 3 is 2.76 bits per heavy atom. The summed E-state index contributed by atoms with van der Waals surface area (Å²) in [5.74, 6) is 0.830. The van der Waals surface area contributed by atoms with Gasteiger partial charge < -0.3 is 15.3 Å². The fraction of sp³-hybridized carbons (Fsp3) is 0.154. The number of aliphatic hydroxyl groups excluding tert-OH is 1. The van der Waals surface area contributed by atoms with Crippen molar-refractivity contribution < 1.29 is 14.3 Å². The van der Waals surface area contributed by atoms with Crippen LogP contribution in [0.15, 0.2) is 34.7 Å². The molecular weight excluding hydrogens is 218 g/mol. The second-order valence-electron chi connectivity index (χ2n) is 3.67. The van der Waals surface area contributed by atoms with Crippen molar-refractivity contribution >= 4 is 12.0 Å². The van der Waals surface area contributed by atoms with Gasteiger partial charge in [-0.3, -0.25) is 4.79 Å². The zero-order valence-corrected chi connectivity index (χ0v) is 9.22. The quantitative estimate of drug-likeness (QED) is 0.622. The Balaban J connectivity index is 2.44. The number of furan rings is 1. The molecule has 3 N–H and O–H groups in total. The smallest absolute Gasteiger partial charge is 0.185 e. The zero-order chi connectivity index (χ0) is 12.3. The Labute approximate surface area is 98.7 Å². The number of aliphatic hydroxyl groups is 1. The van der Waals surface area contributed by atoms with E-state index >= 15 is 0 Å². The molecule has 88 valence electrons. The minimum Gasteiger partial charge on any atom is -0.453 e. The first-order valence-corrected chi connectivity index (χ1v) is 5.30. The summed E-state index contributed by atoms with van der Waals surface area (Å²) < 4.78 is 5.32. The van der Waals surface area contributed by atoms with Gasteiger partial charge in [0.1, 0.15) is 5.76 Å². The fourth-order valence-corrected chi connectivity index (χ4v) is 1.73. The average Bonchev–Trinajstić information content (AvgIpc) is 2.80. The van der Waals surface area contributed by atoms with Crippen molar-refractivity contribution in [3.05, 3.63) is 41.7 Å². The highest BCUT2D eigenvalue weighted by Gasteiger charge is 2.10. The van der Waals surface area contributed by atoms with Crippen LogP contribution in [0.1, 0.15) is 16.1 Å². The highest BCUT2D eigenvalue weighted by Crippen LogP contribution is 2.29. The van der Waals surface area contributed by atoms with Gasteiger partial charge in [-0.2, -0.15) is 0 Å². The topological polar surface area (TPSA) is 76.5 Å². The summed E-state index contributed by atoms with van der Waals surface area (Å²) in [4.78, 5) is 10.5. The van der Waals surface area contributed by atoms with Crippen LogP contribution in [0.2, 0.25) is 0 Å². The molecule has 0 fully saturated rings. The molecule has 1 aromatic heterocycles. The maximum Gasteiger partial charge on any atom is 0.185 e. The van der Waals surface area contributed by atoms with E-state index in [4.69, 9.17) is 15.3 Å². The third-order valence-electron chi connectivity index (χ3n) is 2.59. The van der Waals surface area contributed by atoms with Gasteiger partial charge in [0.05, 0.1) is 0 Å². The number of hydrogen-bond acceptors (Lipinski definition) is 4. The minimum atomic E-state index is 0.0470. The van der Waals surface area contributed by atoms with Crippen LogP contribution < -0.4 is 5.73 Å². The second-order valence-corrected chi connectivity index (χ2v) is 3.67. The third-order valence-corrected chi connectivity index (χ3v) is 2.59. The van der Waals surface area contributed by atoms with Crippen molar-refractivity contribution in [1.82, 2.24) is 0 Å². The summed E-state index contributed by atoms with van der Waals surface area (Å²) in [6.07, 6.45) is 1.15. The van der Waals surface area contributed by atoms with Crippen LogP contribution >= 0.6 is 0 Å². The molecule has 2 aromatic rings. The van der Waals surface area contributed by atoms with Crippen LogP contribution in [0.5, 0.6) is 0 Å². The summed E-state index contributed by atoms with van der Waals surface area (Å²) in [7, 11) is 0. The lowest BCUT2D eigenvalue weighted by Gasteiger charge is -2.08. The van der Waals surface area contributed by atoms with Gasteiger partial charge in [0.25, 0.3) is 0 Å². The van der Waals surface area contributed by atoms with Crippen molar-refractivity contribution in [3.8, 4) is 11.3 Å². The minimum absolute atomic E-state index is 0.0470. The van der Waals surface area contributed by atoms with Gasteiger partial charge in [0, 0.05) is 17.9 Å². The molecule has 0 aliphatic heterocycles. The van der Waals surface area contributed by atoms with Crippen LogP contribution in [0, 0.1) is 0 Å². The van der Waals surface area contributed by atoms with E-state index in [-0.39, 0.29) is 12.4 Å². The van der Waals surface area contributed by atoms with Crippen molar-refractivity contribution in [2.45, 2.75) is 6.42 Å². The van der Waals surface area contributed by atoms with Gasteiger partial charge in [-0.05, 0) is 30.2 Å². The molecule has 0 amide bonds. The Morgan fingerprint density at radius 1 is 1.29 bits per heavy atom. The van der Waals surface area contributed by atoms with Crippen LogP contribution in [-0.2, 0) is 6.42 Å². The number of nitrogen functional groups attached to an aromatic ring is 1. The van der Waals surface area contributed by atoms with Gasteiger partial charge in [0.2, 0.25) is 0 Å². The van der Waals surface area contributed by atoms with E-state index in [0.29, 0.717) is 24.2 Å². The molecule has 0 aliphatic carbocycles. The van der Waals surface area contributed by atoms with Crippen LogP contribution in [-0.4, -0.2) is 18.0 Å². The van der Waals surface area contributed by atoms with Crippen molar-refractivity contribution in [2.75, 3.05) is 12.3 Å². The molecule has 1 aromatic carbocycles. The number of carbonyl (C=O) groups is 1. The molecule has 2 rings (SSSR count).